The van der Waals surface area contributed by atoms with Gasteiger partial charge in [-0.3, -0.25) is 24.6 Å². The van der Waals surface area contributed by atoms with Crippen LogP contribution >= 0.6 is 39.5 Å². The van der Waals surface area contributed by atoms with Crippen molar-refractivity contribution in [2.45, 2.75) is 23.3 Å². The van der Waals surface area contributed by atoms with E-state index in [1.54, 1.807) is 12.1 Å². The molecule has 2 amide bonds. The Morgan fingerprint density at radius 1 is 1.09 bits per heavy atom. The summed E-state index contributed by atoms with van der Waals surface area (Å²) in [5.74, 6) is -0.415. The van der Waals surface area contributed by atoms with Gasteiger partial charge in [-0.1, -0.05) is 69.7 Å². The van der Waals surface area contributed by atoms with Crippen LogP contribution in [0.15, 0.2) is 85.9 Å². The van der Waals surface area contributed by atoms with Crippen LogP contribution in [0.4, 0.5) is 10.5 Å². The predicted octanol–water partition coefficient (Wildman–Crippen LogP) is 7.05. The minimum Gasteiger partial charge on any atom is -0.268 e. The summed E-state index contributed by atoms with van der Waals surface area (Å²) >= 11 is 5.57. The number of halogens is 1. The van der Waals surface area contributed by atoms with Gasteiger partial charge in [-0.2, -0.15) is 0 Å². The minimum atomic E-state index is -0.438. The molecule has 6 nitrogen and oxygen atoms in total. The highest BCUT2D eigenvalue weighted by atomic mass is 79.9. The van der Waals surface area contributed by atoms with Crippen molar-refractivity contribution < 1.29 is 14.5 Å². The molecule has 3 aromatic rings. The Labute approximate surface area is 207 Å². The Morgan fingerprint density at radius 3 is 2.52 bits per heavy atom. The summed E-state index contributed by atoms with van der Waals surface area (Å²) in [6.45, 7) is 2.13. The Hall–Kier alpha value is -2.88. The fourth-order valence-corrected chi connectivity index (χ4v) is 5.32. The summed E-state index contributed by atoms with van der Waals surface area (Å²) in [5, 5.41) is 11.3. The van der Waals surface area contributed by atoms with Gasteiger partial charge in [0.05, 0.1) is 21.3 Å². The Kier molecular flexibility index (Phi) is 7.02. The molecule has 1 aliphatic rings. The lowest BCUT2D eigenvalue weighted by Gasteiger charge is -2.13. The topological polar surface area (TPSA) is 80.5 Å². The summed E-state index contributed by atoms with van der Waals surface area (Å²) < 4.78 is 0.810. The van der Waals surface area contributed by atoms with Gasteiger partial charge < -0.3 is 0 Å². The molecule has 1 aliphatic heterocycles. The number of carbonyl (C=O) groups excluding carboxylic acids is 2. The van der Waals surface area contributed by atoms with Crippen LogP contribution in [0, 0.1) is 17.0 Å². The number of nitro benzene ring substituents is 1. The van der Waals surface area contributed by atoms with Crippen molar-refractivity contribution in [3.63, 3.8) is 0 Å². The summed E-state index contributed by atoms with van der Waals surface area (Å²) in [7, 11) is 0. The average Bonchev–Trinajstić information content (AvgIpc) is 3.05. The first-order chi connectivity index (χ1) is 15.8. The van der Waals surface area contributed by atoms with E-state index in [-0.39, 0.29) is 22.4 Å². The highest BCUT2D eigenvalue weighted by Gasteiger charge is 2.35. The minimum absolute atomic E-state index is 0.0539. The Bertz CT molecular complexity index is 1290. The molecule has 9 heteroatoms. The number of amides is 2. The zero-order valence-electron chi connectivity index (χ0n) is 17.4. The Morgan fingerprint density at radius 2 is 1.82 bits per heavy atom. The van der Waals surface area contributed by atoms with Crippen LogP contribution in [0.1, 0.15) is 16.7 Å². The van der Waals surface area contributed by atoms with E-state index in [1.165, 1.54) is 28.8 Å². The lowest BCUT2D eigenvalue weighted by molar-refractivity contribution is -0.387. The van der Waals surface area contributed by atoms with Crippen molar-refractivity contribution in [2.24, 2.45) is 0 Å². The summed E-state index contributed by atoms with van der Waals surface area (Å²) in [6.07, 6.45) is 1.53. The molecular weight excluding hydrogens is 524 g/mol. The van der Waals surface area contributed by atoms with E-state index in [0.29, 0.717) is 10.5 Å². The summed E-state index contributed by atoms with van der Waals surface area (Å²) in [5.41, 5.74) is 2.36. The maximum atomic E-state index is 12.9. The number of nitro groups is 1. The van der Waals surface area contributed by atoms with Crippen LogP contribution < -0.4 is 0 Å². The first-order valence-corrected chi connectivity index (χ1v) is 12.3. The molecule has 1 saturated heterocycles. The second-order valence-corrected chi connectivity index (χ2v) is 10.2. The lowest BCUT2D eigenvalue weighted by Crippen LogP contribution is -2.27. The molecule has 166 valence electrons. The van der Waals surface area contributed by atoms with Crippen LogP contribution in [-0.4, -0.2) is 21.0 Å². The molecule has 3 aromatic carbocycles. The molecule has 0 bridgehead atoms. The smallest absolute Gasteiger partial charge is 0.268 e. The number of hydrogen-bond acceptors (Lipinski definition) is 6. The number of imide groups is 1. The van der Waals surface area contributed by atoms with E-state index in [4.69, 9.17) is 0 Å². The number of nitrogens with zero attached hydrogens (tertiary/aromatic N) is 2. The van der Waals surface area contributed by atoms with Crippen LogP contribution in [0.5, 0.6) is 0 Å². The van der Waals surface area contributed by atoms with Crippen molar-refractivity contribution in [3.8, 4) is 0 Å². The van der Waals surface area contributed by atoms with Crippen LogP contribution in [0.25, 0.3) is 6.08 Å². The van der Waals surface area contributed by atoms with Gasteiger partial charge in [0.1, 0.15) is 0 Å². The molecule has 0 saturated carbocycles. The van der Waals surface area contributed by atoms with Crippen LogP contribution in [-0.2, 0) is 11.3 Å². The third-order valence-electron chi connectivity index (χ3n) is 4.89. The quantitative estimate of drug-likeness (QED) is 0.189. The molecule has 33 heavy (non-hydrogen) atoms. The van der Waals surface area contributed by atoms with Gasteiger partial charge >= 0.3 is 0 Å². The predicted molar refractivity (Wildman–Crippen MR) is 134 cm³/mol. The molecule has 0 unspecified atom stereocenters. The molecule has 1 fully saturated rings. The van der Waals surface area contributed by atoms with Gasteiger partial charge in [0, 0.05) is 15.4 Å². The molecule has 4 rings (SSSR count). The lowest BCUT2D eigenvalue weighted by atomic mass is 10.1. The number of aryl methyl sites for hydroxylation is 1. The molecule has 0 N–H and O–H groups in total. The van der Waals surface area contributed by atoms with Crippen LogP contribution in [0.2, 0.25) is 0 Å². The summed E-state index contributed by atoms with van der Waals surface area (Å²) in [4.78, 5) is 39.4. The SMILES string of the molecule is Cc1ccc(Sc2ccc(C=C3SC(=O)N(Cc4ccccc4Br)C3=O)cc2[N+](=O)[O-])cc1. The highest BCUT2D eigenvalue weighted by Crippen LogP contribution is 2.38. The van der Waals surface area contributed by atoms with Crippen LogP contribution in [0.3, 0.4) is 0 Å². The zero-order chi connectivity index (χ0) is 23.5. The van der Waals surface area contributed by atoms with Gasteiger partial charge in [-0.15, -0.1) is 0 Å². The molecule has 0 aromatic heterocycles. The van der Waals surface area contributed by atoms with E-state index < -0.39 is 10.8 Å². The normalized spacial score (nSPS) is 14.8. The largest absolute Gasteiger partial charge is 0.293 e. The number of thioether (sulfide) groups is 1. The van der Waals surface area contributed by atoms with E-state index in [9.17, 15) is 19.7 Å². The van der Waals surface area contributed by atoms with E-state index in [2.05, 4.69) is 15.9 Å². The van der Waals surface area contributed by atoms with Crippen molar-refractivity contribution in [1.82, 2.24) is 4.90 Å². The van der Waals surface area contributed by atoms with Gasteiger partial charge in [0.2, 0.25) is 0 Å². The summed E-state index contributed by atoms with van der Waals surface area (Å²) in [6, 6.07) is 19.9. The molecule has 0 aliphatic carbocycles. The number of benzene rings is 3. The number of rotatable bonds is 6. The van der Waals surface area contributed by atoms with Gasteiger partial charge in [-0.05, 0) is 60.2 Å². The van der Waals surface area contributed by atoms with E-state index in [0.717, 1.165) is 32.3 Å². The third-order valence-corrected chi connectivity index (χ3v) is 7.64. The monoisotopic (exact) mass is 540 g/mol. The van der Waals surface area contributed by atoms with Crippen molar-refractivity contribution in [3.05, 3.63) is 103 Å². The van der Waals surface area contributed by atoms with Crippen molar-refractivity contribution >= 4 is 62.4 Å². The van der Waals surface area contributed by atoms with E-state index >= 15 is 0 Å². The van der Waals surface area contributed by atoms with Gasteiger partial charge in [0.15, 0.2) is 0 Å². The number of carbonyl (C=O) groups is 2. The second-order valence-electron chi connectivity index (χ2n) is 7.26. The van der Waals surface area contributed by atoms with Crippen molar-refractivity contribution in [2.75, 3.05) is 0 Å². The molecule has 0 spiro atoms. The molecule has 0 atom stereocenters. The maximum absolute atomic E-state index is 12.9. The first-order valence-electron chi connectivity index (χ1n) is 9.83. The molecular formula is C24H17BrN2O4S2. The fourth-order valence-electron chi connectivity index (χ4n) is 3.17. The second kappa shape index (κ2) is 9.94. The zero-order valence-corrected chi connectivity index (χ0v) is 20.6. The molecule has 1 heterocycles. The van der Waals surface area contributed by atoms with E-state index in [1.807, 2.05) is 55.5 Å². The third kappa shape index (κ3) is 5.38. The van der Waals surface area contributed by atoms with Crippen molar-refractivity contribution in [1.29, 1.82) is 0 Å². The maximum Gasteiger partial charge on any atom is 0.293 e. The Balaban J connectivity index is 1.58. The standard InChI is InChI=1S/C24H17BrN2O4S2/c1-15-6-9-18(10-7-15)32-21-11-8-16(12-20(21)27(30)31)13-22-23(28)26(24(29)33-22)14-17-4-2-3-5-19(17)25/h2-13H,14H2,1H3. The van der Waals surface area contributed by atoms with Gasteiger partial charge in [-0.25, -0.2) is 0 Å². The van der Waals surface area contributed by atoms with Gasteiger partial charge in [0.25, 0.3) is 16.8 Å². The first kappa shape index (κ1) is 23.3. The fraction of sp³-hybridized carbons (Fsp3) is 0.0833. The average molecular weight is 541 g/mol. The molecule has 0 radical (unpaired) electrons. The number of hydrogen-bond donors (Lipinski definition) is 0. The highest BCUT2D eigenvalue weighted by molar-refractivity contribution is 9.10.